The molecule has 2 atom stereocenters. The minimum absolute atomic E-state index is 0.0578. The molecule has 0 unspecified atom stereocenters. The van der Waals surface area contributed by atoms with Crippen molar-refractivity contribution in [3.05, 3.63) is 0 Å². The van der Waals surface area contributed by atoms with Gasteiger partial charge in [-0.05, 0) is 24.7 Å². The maximum absolute atomic E-state index is 11.6. The Morgan fingerprint density at radius 2 is 1.73 bits per heavy atom. The second-order valence-electron chi connectivity index (χ2n) is 4.62. The molecule has 0 N–H and O–H groups in total. The van der Waals surface area contributed by atoms with E-state index in [1.54, 1.807) is 4.90 Å². The molecule has 0 aromatic heterocycles. The van der Waals surface area contributed by atoms with Crippen LogP contribution >= 0.6 is 0 Å². The fourth-order valence-electron chi connectivity index (χ4n) is 2.23. The van der Waals surface area contributed by atoms with Crippen molar-refractivity contribution < 1.29 is 14.7 Å². The van der Waals surface area contributed by atoms with Gasteiger partial charge in [0.15, 0.2) is 0 Å². The normalized spacial score (nSPS) is 26.4. The summed E-state index contributed by atoms with van der Waals surface area (Å²) >= 11 is 0. The number of carbonyl (C=O) groups is 2. The Labute approximate surface area is 90.3 Å². The first-order valence-corrected chi connectivity index (χ1v) is 5.46. The molecule has 1 amide bonds. The lowest BCUT2D eigenvalue weighted by Gasteiger charge is -2.35. The number of likely N-dealkylation sites (tertiary alicyclic amines) is 1. The first-order valence-electron chi connectivity index (χ1n) is 5.46. The first-order chi connectivity index (χ1) is 6.99. The average molecular weight is 212 g/mol. The molecule has 1 heterocycles. The Hall–Kier alpha value is -1.06. The number of carboxylic acids is 1. The molecule has 1 saturated heterocycles. The van der Waals surface area contributed by atoms with Crippen molar-refractivity contribution in [3.63, 3.8) is 0 Å². The standard InChI is InChI=1S/C11H19NO3/c1-8-5-9(2)7-12(6-8)10(13)3-4-11(14)15/h8-9H,3-7H2,1-2H3,(H,14,15)/p-1/t8-,9+. The van der Waals surface area contributed by atoms with Crippen LogP contribution in [0.25, 0.3) is 0 Å². The van der Waals surface area contributed by atoms with E-state index in [2.05, 4.69) is 13.8 Å². The molecule has 0 aromatic rings. The third-order valence-corrected chi connectivity index (χ3v) is 2.76. The third-order valence-electron chi connectivity index (χ3n) is 2.76. The molecule has 86 valence electrons. The zero-order chi connectivity index (χ0) is 11.4. The second kappa shape index (κ2) is 5.14. The number of piperidine rings is 1. The summed E-state index contributed by atoms with van der Waals surface area (Å²) in [5.74, 6) is -0.180. The van der Waals surface area contributed by atoms with Gasteiger partial charge in [-0.15, -0.1) is 0 Å². The highest BCUT2D eigenvalue weighted by Gasteiger charge is 2.24. The molecule has 4 heteroatoms. The highest BCUT2D eigenvalue weighted by atomic mass is 16.4. The minimum atomic E-state index is -1.15. The summed E-state index contributed by atoms with van der Waals surface area (Å²) in [6.45, 7) is 5.76. The van der Waals surface area contributed by atoms with E-state index in [9.17, 15) is 14.7 Å². The van der Waals surface area contributed by atoms with Gasteiger partial charge in [0.1, 0.15) is 0 Å². The third kappa shape index (κ3) is 3.90. The fraction of sp³-hybridized carbons (Fsp3) is 0.818. The van der Waals surface area contributed by atoms with Crippen molar-refractivity contribution in [2.45, 2.75) is 33.1 Å². The van der Waals surface area contributed by atoms with E-state index in [0.717, 1.165) is 19.5 Å². The van der Waals surface area contributed by atoms with Gasteiger partial charge in [-0.1, -0.05) is 13.8 Å². The lowest BCUT2D eigenvalue weighted by molar-refractivity contribution is -0.305. The highest BCUT2D eigenvalue weighted by molar-refractivity contribution is 5.80. The Morgan fingerprint density at radius 1 is 1.20 bits per heavy atom. The number of rotatable bonds is 3. The van der Waals surface area contributed by atoms with Gasteiger partial charge in [-0.25, -0.2) is 0 Å². The van der Waals surface area contributed by atoms with E-state index in [1.807, 2.05) is 0 Å². The Morgan fingerprint density at radius 3 is 2.20 bits per heavy atom. The van der Waals surface area contributed by atoms with Crippen molar-refractivity contribution in [1.82, 2.24) is 4.90 Å². The largest absolute Gasteiger partial charge is 0.550 e. The zero-order valence-corrected chi connectivity index (χ0v) is 9.36. The molecule has 1 fully saturated rings. The molecular formula is C11H18NO3-. The summed E-state index contributed by atoms with van der Waals surface area (Å²) in [5.41, 5.74) is 0. The summed E-state index contributed by atoms with van der Waals surface area (Å²) in [6, 6.07) is 0. The Kier molecular flexibility index (Phi) is 4.12. The number of nitrogens with zero attached hydrogens (tertiary/aromatic N) is 1. The average Bonchev–Trinajstić information content (AvgIpc) is 2.12. The zero-order valence-electron chi connectivity index (χ0n) is 9.36. The quantitative estimate of drug-likeness (QED) is 0.662. The number of hydrogen-bond donors (Lipinski definition) is 0. The lowest BCUT2D eigenvalue weighted by Crippen LogP contribution is -2.42. The van der Waals surface area contributed by atoms with Crippen LogP contribution in [0.5, 0.6) is 0 Å². The molecule has 4 nitrogen and oxygen atoms in total. The van der Waals surface area contributed by atoms with Gasteiger partial charge in [0, 0.05) is 25.5 Å². The summed E-state index contributed by atoms with van der Waals surface area (Å²) in [5, 5.41) is 10.2. The number of carbonyl (C=O) groups excluding carboxylic acids is 2. The molecule has 0 bridgehead atoms. The van der Waals surface area contributed by atoms with Crippen molar-refractivity contribution >= 4 is 11.9 Å². The van der Waals surface area contributed by atoms with E-state index in [-0.39, 0.29) is 18.7 Å². The van der Waals surface area contributed by atoms with Crippen LogP contribution in [0.4, 0.5) is 0 Å². The molecule has 1 aliphatic heterocycles. The predicted molar refractivity (Wildman–Crippen MR) is 53.8 cm³/mol. The van der Waals surface area contributed by atoms with E-state index < -0.39 is 5.97 Å². The number of hydrogen-bond acceptors (Lipinski definition) is 3. The van der Waals surface area contributed by atoms with Crippen molar-refractivity contribution in [2.75, 3.05) is 13.1 Å². The molecule has 1 aliphatic rings. The van der Waals surface area contributed by atoms with Crippen LogP contribution in [0.15, 0.2) is 0 Å². The molecule has 0 spiro atoms. The van der Waals surface area contributed by atoms with Crippen LogP contribution < -0.4 is 5.11 Å². The van der Waals surface area contributed by atoms with Crippen LogP contribution in [0.1, 0.15) is 33.1 Å². The SMILES string of the molecule is C[C@@H]1C[C@H](C)CN(C(=O)CCC(=O)[O-])C1. The van der Waals surface area contributed by atoms with E-state index in [1.165, 1.54) is 0 Å². The molecule has 0 saturated carbocycles. The monoisotopic (exact) mass is 212 g/mol. The van der Waals surface area contributed by atoms with Crippen molar-refractivity contribution in [1.29, 1.82) is 0 Å². The van der Waals surface area contributed by atoms with E-state index in [4.69, 9.17) is 0 Å². The smallest absolute Gasteiger partial charge is 0.222 e. The Bertz CT molecular complexity index is 242. The number of carboxylic acid groups (broad SMARTS) is 1. The van der Waals surface area contributed by atoms with Crippen molar-refractivity contribution in [3.8, 4) is 0 Å². The summed E-state index contributed by atoms with van der Waals surface area (Å²) in [7, 11) is 0. The molecule has 0 radical (unpaired) electrons. The van der Waals surface area contributed by atoms with Crippen LogP contribution in [-0.4, -0.2) is 29.9 Å². The molecular weight excluding hydrogens is 194 g/mol. The summed E-state index contributed by atoms with van der Waals surface area (Å²) in [4.78, 5) is 23.6. The van der Waals surface area contributed by atoms with Crippen LogP contribution in [0.2, 0.25) is 0 Å². The first kappa shape index (κ1) is 12.0. The summed E-state index contributed by atoms with van der Waals surface area (Å²) < 4.78 is 0. The van der Waals surface area contributed by atoms with Crippen molar-refractivity contribution in [2.24, 2.45) is 11.8 Å². The maximum Gasteiger partial charge on any atom is 0.222 e. The number of amides is 1. The molecule has 1 rings (SSSR count). The summed E-state index contributed by atoms with van der Waals surface area (Å²) in [6.07, 6.45) is 1.05. The molecule has 15 heavy (non-hydrogen) atoms. The molecule has 0 aliphatic carbocycles. The highest BCUT2D eigenvalue weighted by Crippen LogP contribution is 2.21. The van der Waals surface area contributed by atoms with Gasteiger partial charge in [-0.2, -0.15) is 0 Å². The fourth-order valence-corrected chi connectivity index (χ4v) is 2.23. The molecule has 0 aromatic carbocycles. The van der Waals surface area contributed by atoms with E-state index in [0.29, 0.717) is 11.8 Å². The second-order valence-corrected chi connectivity index (χ2v) is 4.62. The van der Waals surface area contributed by atoms with Crippen LogP contribution in [0, 0.1) is 11.8 Å². The van der Waals surface area contributed by atoms with Gasteiger partial charge in [0.05, 0.1) is 0 Å². The predicted octanol–water partition coefficient (Wildman–Crippen LogP) is 0.0210. The van der Waals surface area contributed by atoms with Crippen LogP contribution in [0.3, 0.4) is 0 Å². The van der Waals surface area contributed by atoms with Gasteiger partial charge >= 0.3 is 0 Å². The van der Waals surface area contributed by atoms with Gasteiger partial charge < -0.3 is 14.8 Å². The lowest BCUT2D eigenvalue weighted by atomic mass is 9.91. The van der Waals surface area contributed by atoms with Crippen LogP contribution in [-0.2, 0) is 9.59 Å². The van der Waals surface area contributed by atoms with Gasteiger partial charge in [0.25, 0.3) is 0 Å². The minimum Gasteiger partial charge on any atom is -0.550 e. The Balaban J connectivity index is 2.41. The number of aliphatic carboxylic acids is 1. The maximum atomic E-state index is 11.6. The van der Waals surface area contributed by atoms with Gasteiger partial charge in [0.2, 0.25) is 5.91 Å². The van der Waals surface area contributed by atoms with Gasteiger partial charge in [-0.3, -0.25) is 4.79 Å². The topological polar surface area (TPSA) is 60.4 Å². The van der Waals surface area contributed by atoms with E-state index >= 15 is 0 Å².